The second-order valence-corrected chi connectivity index (χ2v) is 9.79. The molecule has 0 fully saturated rings. The first-order valence-electron chi connectivity index (χ1n) is 10.6. The van der Waals surface area contributed by atoms with E-state index in [0.717, 1.165) is 22.9 Å². The Kier molecular flexibility index (Phi) is 8.12. The lowest BCUT2D eigenvalue weighted by Crippen LogP contribution is -2.49. The number of rotatable bonds is 9. The molecule has 0 aromatic heterocycles. The summed E-state index contributed by atoms with van der Waals surface area (Å²) in [5.74, 6) is 0.322. The molecule has 2 aromatic rings. The summed E-state index contributed by atoms with van der Waals surface area (Å²) in [6, 6.07) is 9.83. The Hall–Kier alpha value is -2.54. The van der Waals surface area contributed by atoms with Gasteiger partial charge in [-0.25, -0.2) is 8.42 Å². The average Bonchev–Trinajstić information content (AvgIpc) is 2.68. The van der Waals surface area contributed by atoms with Gasteiger partial charge in [0.1, 0.15) is 11.8 Å². The van der Waals surface area contributed by atoms with Crippen LogP contribution in [-0.4, -0.2) is 33.2 Å². The molecule has 170 valence electrons. The van der Waals surface area contributed by atoms with Crippen LogP contribution in [0, 0.1) is 20.8 Å². The van der Waals surface area contributed by atoms with Crippen LogP contribution in [0.15, 0.2) is 36.4 Å². The monoisotopic (exact) mass is 446 g/mol. The number of carbonyl (C=O) groups is 1. The average molecular weight is 447 g/mol. The number of anilines is 1. The van der Waals surface area contributed by atoms with E-state index in [1.54, 1.807) is 24.3 Å². The maximum Gasteiger partial charge on any atom is 0.244 e. The van der Waals surface area contributed by atoms with Gasteiger partial charge in [-0.3, -0.25) is 9.10 Å². The molecule has 2 aromatic carbocycles. The molecule has 0 radical (unpaired) electrons. The lowest BCUT2D eigenvalue weighted by atomic mass is 9.96. The Balaban J connectivity index is 2.33. The summed E-state index contributed by atoms with van der Waals surface area (Å²) in [6.07, 6.45) is 1.46. The van der Waals surface area contributed by atoms with Crippen molar-refractivity contribution in [2.75, 3.05) is 17.2 Å². The van der Waals surface area contributed by atoms with Crippen molar-refractivity contribution in [1.82, 2.24) is 5.32 Å². The van der Waals surface area contributed by atoms with Crippen LogP contribution in [0.4, 0.5) is 5.69 Å². The molecule has 0 spiro atoms. The highest BCUT2D eigenvalue weighted by Crippen LogP contribution is 2.26. The van der Waals surface area contributed by atoms with Crippen LogP contribution in [0.25, 0.3) is 0 Å². The van der Waals surface area contributed by atoms with Crippen LogP contribution in [0.2, 0.25) is 0 Å². The van der Waals surface area contributed by atoms with E-state index >= 15 is 0 Å². The molecule has 31 heavy (non-hydrogen) atoms. The number of aryl methyl sites for hydroxylation is 3. The van der Waals surface area contributed by atoms with Gasteiger partial charge < -0.3 is 10.1 Å². The first-order valence-corrected chi connectivity index (χ1v) is 12.4. The van der Waals surface area contributed by atoms with Crippen LogP contribution in [0.5, 0.6) is 5.75 Å². The van der Waals surface area contributed by atoms with Crippen molar-refractivity contribution in [1.29, 1.82) is 0 Å². The Bertz CT molecular complexity index is 1020. The molecule has 7 heteroatoms. The van der Waals surface area contributed by atoms with Gasteiger partial charge in [0.05, 0.1) is 24.6 Å². The fourth-order valence-electron chi connectivity index (χ4n) is 3.75. The summed E-state index contributed by atoms with van der Waals surface area (Å²) in [6.45, 7) is 12.2. The Morgan fingerprint density at radius 1 is 1.03 bits per heavy atom. The molecule has 0 aliphatic rings. The molecular formula is C24H34N2O4S. The number of carbonyl (C=O) groups excluding carboxylic acids is 1. The van der Waals surface area contributed by atoms with E-state index in [9.17, 15) is 13.2 Å². The van der Waals surface area contributed by atoms with E-state index in [1.807, 2.05) is 34.6 Å². The predicted molar refractivity (Wildman–Crippen MR) is 126 cm³/mol. The van der Waals surface area contributed by atoms with Gasteiger partial charge in [-0.2, -0.15) is 0 Å². The zero-order chi connectivity index (χ0) is 23.3. The number of sulfonamides is 1. The number of amides is 1. The molecule has 0 heterocycles. The first kappa shape index (κ1) is 24.7. The fraction of sp³-hybridized carbons (Fsp3) is 0.458. The molecule has 2 atom stereocenters. The maximum atomic E-state index is 13.2. The fourth-order valence-corrected chi connectivity index (χ4v) is 4.96. The van der Waals surface area contributed by atoms with Crippen LogP contribution in [0.1, 0.15) is 55.5 Å². The van der Waals surface area contributed by atoms with Crippen molar-refractivity contribution in [3.8, 4) is 5.75 Å². The predicted octanol–water partition coefficient (Wildman–Crippen LogP) is 4.43. The topological polar surface area (TPSA) is 75.7 Å². The van der Waals surface area contributed by atoms with Gasteiger partial charge in [-0.05, 0) is 87.6 Å². The molecule has 0 saturated carbocycles. The summed E-state index contributed by atoms with van der Waals surface area (Å²) in [5.41, 5.74) is 4.91. The highest BCUT2D eigenvalue weighted by molar-refractivity contribution is 7.92. The molecule has 0 aliphatic heterocycles. The summed E-state index contributed by atoms with van der Waals surface area (Å²) >= 11 is 0. The quantitative estimate of drug-likeness (QED) is 0.618. The van der Waals surface area contributed by atoms with E-state index in [-0.39, 0.29) is 11.9 Å². The van der Waals surface area contributed by atoms with Gasteiger partial charge in [0.25, 0.3) is 0 Å². The van der Waals surface area contributed by atoms with Crippen LogP contribution in [0.3, 0.4) is 0 Å². The Morgan fingerprint density at radius 2 is 1.61 bits per heavy atom. The van der Waals surface area contributed by atoms with Crippen molar-refractivity contribution >= 4 is 21.6 Å². The van der Waals surface area contributed by atoms with E-state index < -0.39 is 16.1 Å². The molecule has 1 N–H and O–H groups in total. The number of nitrogens with zero attached hydrogens (tertiary/aromatic N) is 1. The minimum absolute atomic E-state index is 0.248. The number of hydrogen-bond acceptors (Lipinski definition) is 4. The molecule has 6 nitrogen and oxygen atoms in total. The second kappa shape index (κ2) is 10.2. The number of ether oxygens (including phenoxy) is 1. The van der Waals surface area contributed by atoms with Gasteiger partial charge in [0.15, 0.2) is 0 Å². The lowest BCUT2D eigenvalue weighted by molar-refractivity contribution is -0.122. The van der Waals surface area contributed by atoms with E-state index in [4.69, 9.17) is 4.74 Å². The van der Waals surface area contributed by atoms with Crippen molar-refractivity contribution in [3.05, 3.63) is 58.7 Å². The van der Waals surface area contributed by atoms with Gasteiger partial charge in [0.2, 0.25) is 15.9 Å². The van der Waals surface area contributed by atoms with Crippen molar-refractivity contribution in [3.63, 3.8) is 0 Å². The Morgan fingerprint density at radius 3 is 2.13 bits per heavy atom. The number of benzene rings is 2. The third-order valence-electron chi connectivity index (χ3n) is 5.44. The van der Waals surface area contributed by atoms with Gasteiger partial charge in [0, 0.05) is 0 Å². The zero-order valence-electron chi connectivity index (χ0n) is 19.5. The van der Waals surface area contributed by atoms with Crippen molar-refractivity contribution < 1.29 is 17.9 Å². The smallest absolute Gasteiger partial charge is 0.244 e. The Labute approximate surface area is 186 Å². The number of nitrogens with one attached hydrogen (secondary N) is 1. The number of hydrogen-bond donors (Lipinski definition) is 1. The standard InChI is InChI=1S/C24H34N2O4S/c1-8-23(24(27)25-19(6)22-15-17(4)16(3)14-18(22)5)26(31(7,28)29)20-10-12-21(13-11-20)30-9-2/h10-15,19,23H,8-9H2,1-7H3,(H,25,27)/t19-,23-/m0/s1. The molecule has 2 rings (SSSR count). The molecule has 0 saturated heterocycles. The van der Waals surface area contributed by atoms with Crippen LogP contribution in [-0.2, 0) is 14.8 Å². The van der Waals surface area contributed by atoms with Gasteiger partial charge in [-0.1, -0.05) is 19.1 Å². The minimum Gasteiger partial charge on any atom is -0.494 e. The third-order valence-corrected chi connectivity index (χ3v) is 6.62. The van der Waals surface area contributed by atoms with Gasteiger partial charge in [-0.15, -0.1) is 0 Å². The first-order chi connectivity index (χ1) is 14.5. The van der Waals surface area contributed by atoms with E-state index in [2.05, 4.69) is 24.4 Å². The third kappa shape index (κ3) is 6.00. The van der Waals surface area contributed by atoms with Crippen molar-refractivity contribution in [2.24, 2.45) is 0 Å². The molecular weight excluding hydrogens is 412 g/mol. The lowest BCUT2D eigenvalue weighted by Gasteiger charge is -2.31. The van der Waals surface area contributed by atoms with E-state index in [1.165, 1.54) is 9.87 Å². The normalized spacial score (nSPS) is 13.4. The molecule has 1 amide bonds. The van der Waals surface area contributed by atoms with Crippen LogP contribution >= 0.6 is 0 Å². The highest BCUT2D eigenvalue weighted by Gasteiger charge is 2.32. The molecule has 0 bridgehead atoms. The van der Waals surface area contributed by atoms with Gasteiger partial charge >= 0.3 is 0 Å². The molecule has 0 aliphatic carbocycles. The van der Waals surface area contributed by atoms with E-state index in [0.29, 0.717) is 24.5 Å². The molecule has 0 unspecified atom stereocenters. The second-order valence-electron chi connectivity index (χ2n) is 7.93. The zero-order valence-corrected chi connectivity index (χ0v) is 20.3. The summed E-state index contributed by atoms with van der Waals surface area (Å²) in [5, 5.41) is 3.02. The summed E-state index contributed by atoms with van der Waals surface area (Å²) in [4.78, 5) is 13.2. The highest BCUT2D eigenvalue weighted by atomic mass is 32.2. The SMILES string of the molecule is CCOc1ccc(N([C@@H](CC)C(=O)N[C@@H](C)c2cc(C)c(C)cc2C)S(C)(=O)=O)cc1. The summed E-state index contributed by atoms with van der Waals surface area (Å²) < 4.78 is 31.9. The summed E-state index contributed by atoms with van der Waals surface area (Å²) in [7, 11) is -3.69. The minimum atomic E-state index is -3.69. The van der Waals surface area contributed by atoms with Crippen LogP contribution < -0.4 is 14.4 Å². The van der Waals surface area contributed by atoms with Crippen molar-refractivity contribution in [2.45, 2.75) is 60.0 Å². The largest absolute Gasteiger partial charge is 0.494 e. The maximum absolute atomic E-state index is 13.2.